The molecule has 0 fully saturated rings. The number of hydrogen-bond donors (Lipinski definition) is 1. The Balaban J connectivity index is 1.62. The number of aryl methyl sites for hydroxylation is 1. The number of allylic oxidation sites excluding steroid dienone is 17. The molecule has 1 nitrogen and oxygen atoms in total. The Morgan fingerprint density at radius 3 is 2.24 bits per heavy atom. The fraction of sp³-hybridized carbons (Fsp3) is 0.265. The summed E-state index contributed by atoms with van der Waals surface area (Å²) in [6.07, 6.45) is 38.8. The zero-order valence-electron chi connectivity index (χ0n) is 30.6. The minimum absolute atomic E-state index is 0.165. The topological polar surface area (TPSA) is 12.0 Å². The van der Waals surface area contributed by atoms with Gasteiger partial charge in [-0.05, 0) is 121 Å². The second kappa shape index (κ2) is 19.3. The summed E-state index contributed by atoms with van der Waals surface area (Å²) in [5.74, 6) is 0.847. The van der Waals surface area contributed by atoms with Crippen LogP contribution in [0.15, 0.2) is 175 Å². The summed E-state index contributed by atoms with van der Waals surface area (Å²) in [5, 5.41) is 3.27. The average molecular weight is 658 g/mol. The lowest BCUT2D eigenvalue weighted by molar-refractivity contribution is 0.640. The molecule has 3 atom stereocenters. The molecule has 256 valence electrons. The third kappa shape index (κ3) is 10.3. The molecule has 3 aromatic carbocycles. The minimum Gasteiger partial charge on any atom is -0.394 e. The predicted molar refractivity (Wildman–Crippen MR) is 219 cm³/mol. The van der Waals surface area contributed by atoms with E-state index >= 15 is 0 Å². The molecule has 0 radical (unpaired) electrons. The molecule has 2 aliphatic rings. The van der Waals surface area contributed by atoms with Gasteiger partial charge in [0.15, 0.2) is 0 Å². The maximum absolute atomic E-state index is 3.27. The standard InChI is InChI=1S/C49H55N/c1-5-19-40(41-21-11-7-12-22-41)30-29-39-34-47(38(3)33-45(20-6-2)42-23-13-8-14-24-42)36-48(35-39)46(31-32-50-4)37-49(43-25-15-9-16-26-43)44-27-17-10-18-28-44/h5-9,11,13-17,19-21,23-28,31-38,40,49-50H,10,12,18,22,29-30H2,1-4H3/b19-5-,20-6-,32-31-,45-33+,46-37+. The Kier molecular flexibility index (Phi) is 14.1. The van der Waals surface area contributed by atoms with Gasteiger partial charge in [-0.15, -0.1) is 0 Å². The van der Waals surface area contributed by atoms with E-state index in [2.05, 4.69) is 190 Å². The van der Waals surface area contributed by atoms with Crippen LogP contribution < -0.4 is 5.32 Å². The highest BCUT2D eigenvalue weighted by molar-refractivity contribution is 5.77. The van der Waals surface area contributed by atoms with Crippen LogP contribution in [0, 0.1) is 5.92 Å². The maximum Gasteiger partial charge on any atom is 0.0275 e. The van der Waals surface area contributed by atoms with Crippen molar-refractivity contribution in [1.29, 1.82) is 0 Å². The van der Waals surface area contributed by atoms with Gasteiger partial charge < -0.3 is 5.32 Å². The van der Waals surface area contributed by atoms with Gasteiger partial charge in [0, 0.05) is 13.0 Å². The van der Waals surface area contributed by atoms with E-state index in [1.807, 2.05) is 7.05 Å². The van der Waals surface area contributed by atoms with Crippen LogP contribution in [0.4, 0.5) is 0 Å². The van der Waals surface area contributed by atoms with Crippen LogP contribution >= 0.6 is 0 Å². The van der Waals surface area contributed by atoms with E-state index in [9.17, 15) is 0 Å². The van der Waals surface area contributed by atoms with Crippen LogP contribution in [-0.2, 0) is 6.42 Å². The van der Waals surface area contributed by atoms with Crippen molar-refractivity contribution in [3.63, 3.8) is 0 Å². The normalized spacial score (nSPS) is 17.3. The summed E-state index contributed by atoms with van der Waals surface area (Å²) in [5.41, 5.74) is 12.0. The number of benzene rings is 3. The first-order valence-electron chi connectivity index (χ1n) is 18.6. The molecule has 3 aromatic rings. The van der Waals surface area contributed by atoms with Crippen molar-refractivity contribution < 1.29 is 0 Å². The molecule has 0 heterocycles. The van der Waals surface area contributed by atoms with E-state index < -0.39 is 0 Å². The average Bonchev–Trinajstić information content (AvgIpc) is 3.17. The van der Waals surface area contributed by atoms with Gasteiger partial charge in [-0.3, -0.25) is 0 Å². The molecule has 2 aliphatic carbocycles. The molecular formula is C49H55N. The van der Waals surface area contributed by atoms with Gasteiger partial charge in [-0.1, -0.05) is 164 Å². The first kappa shape index (κ1) is 36.4. The van der Waals surface area contributed by atoms with Gasteiger partial charge in [-0.2, -0.15) is 0 Å². The van der Waals surface area contributed by atoms with Crippen molar-refractivity contribution in [2.24, 2.45) is 5.92 Å². The van der Waals surface area contributed by atoms with Crippen LogP contribution in [-0.4, -0.2) is 7.05 Å². The molecule has 0 amide bonds. The van der Waals surface area contributed by atoms with Crippen LogP contribution in [0.25, 0.3) is 11.1 Å². The molecule has 3 unspecified atom stereocenters. The Labute approximate surface area is 302 Å². The Hall–Kier alpha value is -4.88. The molecular weight excluding hydrogens is 603 g/mol. The third-order valence-corrected chi connectivity index (χ3v) is 9.77. The van der Waals surface area contributed by atoms with Gasteiger partial charge >= 0.3 is 0 Å². The molecule has 50 heavy (non-hydrogen) atoms. The van der Waals surface area contributed by atoms with Crippen molar-refractivity contribution in [3.8, 4) is 0 Å². The summed E-state index contributed by atoms with van der Waals surface area (Å²) in [6.45, 7) is 6.60. The van der Waals surface area contributed by atoms with Gasteiger partial charge in [-0.25, -0.2) is 0 Å². The van der Waals surface area contributed by atoms with E-state index in [0.29, 0.717) is 5.92 Å². The van der Waals surface area contributed by atoms with Crippen LogP contribution in [0.2, 0.25) is 0 Å². The van der Waals surface area contributed by atoms with Gasteiger partial charge in [0.2, 0.25) is 0 Å². The van der Waals surface area contributed by atoms with Crippen LogP contribution in [0.3, 0.4) is 0 Å². The number of hydrogen-bond acceptors (Lipinski definition) is 1. The molecule has 0 aliphatic heterocycles. The molecule has 1 heteroatoms. The lowest BCUT2D eigenvalue weighted by Gasteiger charge is -2.21. The second-order valence-electron chi connectivity index (χ2n) is 13.4. The first-order valence-corrected chi connectivity index (χ1v) is 18.6. The van der Waals surface area contributed by atoms with E-state index in [4.69, 9.17) is 0 Å². The molecule has 0 spiro atoms. The summed E-state index contributed by atoms with van der Waals surface area (Å²) >= 11 is 0. The fourth-order valence-electron chi connectivity index (χ4n) is 7.12. The Bertz CT molecular complexity index is 1800. The van der Waals surface area contributed by atoms with Crippen LogP contribution in [0.5, 0.6) is 0 Å². The van der Waals surface area contributed by atoms with Crippen LogP contribution in [0.1, 0.15) is 92.5 Å². The highest BCUT2D eigenvalue weighted by Gasteiger charge is 2.18. The van der Waals surface area contributed by atoms with Gasteiger partial charge in [0.1, 0.15) is 0 Å². The first-order chi connectivity index (χ1) is 24.6. The zero-order valence-corrected chi connectivity index (χ0v) is 30.6. The van der Waals surface area contributed by atoms with E-state index in [1.165, 1.54) is 44.5 Å². The monoisotopic (exact) mass is 657 g/mol. The zero-order chi connectivity index (χ0) is 35.0. The molecule has 0 bridgehead atoms. The fourth-order valence-corrected chi connectivity index (χ4v) is 7.12. The molecule has 1 N–H and O–H groups in total. The van der Waals surface area contributed by atoms with Crippen molar-refractivity contribution in [1.82, 2.24) is 5.32 Å². The quantitative estimate of drug-likeness (QED) is 0.127. The van der Waals surface area contributed by atoms with Crippen molar-refractivity contribution in [2.75, 3.05) is 7.05 Å². The van der Waals surface area contributed by atoms with Crippen molar-refractivity contribution >= 4 is 11.1 Å². The molecule has 5 rings (SSSR count). The SMILES string of the molecule is C/C=C\C(=C/C(C)c1cc(CCC(/C=C\C)C2=CC=CCC2)cc(C(/C=C\NC)=C/C(C2=CCCC=C2)c2ccccc2)c1)c1ccccc1. The summed E-state index contributed by atoms with van der Waals surface area (Å²) in [4.78, 5) is 0. The van der Waals surface area contributed by atoms with E-state index in [1.54, 1.807) is 5.57 Å². The smallest absolute Gasteiger partial charge is 0.0275 e. The van der Waals surface area contributed by atoms with E-state index in [0.717, 1.165) is 38.5 Å². The Morgan fingerprint density at radius 2 is 1.56 bits per heavy atom. The highest BCUT2D eigenvalue weighted by atomic mass is 14.8. The van der Waals surface area contributed by atoms with Gasteiger partial charge in [0.25, 0.3) is 0 Å². The lowest BCUT2D eigenvalue weighted by atomic mass is 9.83. The largest absolute Gasteiger partial charge is 0.394 e. The molecule has 0 saturated carbocycles. The molecule has 0 aromatic heterocycles. The number of nitrogens with one attached hydrogen (secondary N) is 1. The summed E-state index contributed by atoms with van der Waals surface area (Å²) in [6, 6.07) is 29.1. The molecule has 0 saturated heterocycles. The van der Waals surface area contributed by atoms with Crippen molar-refractivity contribution in [3.05, 3.63) is 203 Å². The maximum atomic E-state index is 3.27. The highest BCUT2D eigenvalue weighted by Crippen LogP contribution is 2.35. The van der Waals surface area contributed by atoms with E-state index in [-0.39, 0.29) is 11.8 Å². The number of rotatable bonds is 15. The van der Waals surface area contributed by atoms with Gasteiger partial charge in [0.05, 0.1) is 0 Å². The Morgan fingerprint density at radius 1 is 0.780 bits per heavy atom. The summed E-state index contributed by atoms with van der Waals surface area (Å²) < 4.78 is 0. The van der Waals surface area contributed by atoms with Crippen molar-refractivity contribution in [2.45, 2.75) is 71.1 Å². The summed E-state index contributed by atoms with van der Waals surface area (Å²) in [7, 11) is 1.98. The second-order valence-corrected chi connectivity index (χ2v) is 13.4. The minimum atomic E-state index is 0.165. The predicted octanol–water partition coefficient (Wildman–Crippen LogP) is 13.0. The third-order valence-electron chi connectivity index (χ3n) is 9.77. The lowest BCUT2D eigenvalue weighted by Crippen LogP contribution is -2.06.